The van der Waals surface area contributed by atoms with E-state index in [4.69, 9.17) is 5.26 Å². The van der Waals surface area contributed by atoms with Crippen LogP contribution < -0.4 is 5.32 Å². The molecule has 1 fully saturated rings. The maximum Gasteiger partial charge on any atom is 0.178 e. The average Bonchev–Trinajstić information content (AvgIpc) is 2.89. The van der Waals surface area contributed by atoms with Crippen LogP contribution in [-0.2, 0) is 9.84 Å². The summed E-state index contributed by atoms with van der Waals surface area (Å²) in [6.07, 6.45) is 3.20. The molecule has 3 unspecified atom stereocenters. The van der Waals surface area contributed by atoms with Gasteiger partial charge in [0.2, 0.25) is 0 Å². The van der Waals surface area contributed by atoms with Crippen LogP contribution in [0.1, 0.15) is 37.3 Å². The van der Waals surface area contributed by atoms with Crippen LogP contribution in [-0.4, -0.2) is 20.2 Å². The first-order chi connectivity index (χ1) is 10.0. The lowest BCUT2D eigenvalue weighted by molar-refractivity contribution is 0.385. The third-order valence-electron chi connectivity index (χ3n) is 4.45. The molecule has 4 nitrogen and oxygen atoms in total. The molecule has 0 saturated heterocycles. The van der Waals surface area contributed by atoms with Crippen LogP contribution in [0.25, 0.3) is 0 Å². The van der Waals surface area contributed by atoms with Crippen molar-refractivity contribution in [3.05, 3.63) is 29.6 Å². The van der Waals surface area contributed by atoms with Crippen molar-refractivity contribution < 1.29 is 12.8 Å². The van der Waals surface area contributed by atoms with E-state index in [1.165, 1.54) is 18.2 Å². The Morgan fingerprint density at radius 2 is 2.10 bits per heavy atom. The largest absolute Gasteiger partial charge is 0.306 e. The molecule has 2 aliphatic rings. The molecule has 1 aliphatic carbocycles. The fourth-order valence-corrected chi connectivity index (χ4v) is 4.96. The number of nitrogens with zero attached hydrogens (tertiary/aromatic N) is 1. The van der Waals surface area contributed by atoms with Crippen molar-refractivity contribution in [3.8, 4) is 6.07 Å². The van der Waals surface area contributed by atoms with Gasteiger partial charge in [0.05, 0.1) is 22.6 Å². The van der Waals surface area contributed by atoms with Gasteiger partial charge in [-0.05, 0) is 43.0 Å². The van der Waals surface area contributed by atoms with E-state index in [2.05, 4.69) is 11.4 Å². The summed E-state index contributed by atoms with van der Waals surface area (Å²) in [4.78, 5) is 0.221. The highest BCUT2D eigenvalue weighted by Crippen LogP contribution is 2.35. The first-order valence-electron chi connectivity index (χ1n) is 7.19. The zero-order valence-corrected chi connectivity index (χ0v) is 12.4. The van der Waals surface area contributed by atoms with Crippen LogP contribution in [0, 0.1) is 23.1 Å². The van der Waals surface area contributed by atoms with Crippen molar-refractivity contribution in [2.24, 2.45) is 5.92 Å². The predicted molar refractivity (Wildman–Crippen MR) is 75.7 cm³/mol. The molecule has 1 N–H and O–H groups in total. The smallest absolute Gasteiger partial charge is 0.178 e. The van der Waals surface area contributed by atoms with Crippen molar-refractivity contribution in [1.82, 2.24) is 5.32 Å². The number of benzene rings is 1. The van der Waals surface area contributed by atoms with E-state index in [1.807, 2.05) is 0 Å². The Morgan fingerprint density at radius 3 is 2.86 bits per heavy atom. The third-order valence-corrected chi connectivity index (χ3v) is 6.27. The van der Waals surface area contributed by atoms with E-state index >= 15 is 0 Å². The maximum atomic E-state index is 13.5. The van der Waals surface area contributed by atoms with E-state index in [0.29, 0.717) is 12.0 Å². The van der Waals surface area contributed by atoms with Gasteiger partial charge in [0, 0.05) is 12.1 Å². The molecular weight excluding hydrogens is 291 g/mol. The quantitative estimate of drug-likeness (QED) is 0.851. The van der Waals surface area contributed by atoms with E-state index < -0.39 is 15.7 Å². The van der Waals surface area contributed by atoms with Gasteiger partial charge in [-0.1, -0.05) is 6.42 Å². The van der Waals surface area contributed by atoms with Gasteiger partial charge in [0.1, 0.15) is 5.82 Å². The number of halogens is 1. The highest BCUT2D eigenvalue weighted by Gasteiger charge is 2.34. The molecule has 112 valence electrons. The van der Waals surface area contributed by atoms with Gasteiger partial charge in [0.15, 0.2) is 9.84 Å². The summed E-state index contributed by atoms with van der Waals surface area (Å²) in [6, 6.07) is 6.01. The summed E-state index contributed by atoms with van der Waals surface area (Å²) in [5.41, 5.74) is 0.504. The lowest BCUT2D eigenvalue weighted by Crippen LogP contribution is -2.38. The van der Waals surface area contributed by atoms with E-state index in [0.717, 1.165) is 19.3 Å². The third kappa shape index (κ3) is 2.68. The maximum absolute atomic E-state index is 13.5. The molecule has 6 heteroatoms. The van der Waals surface area contributed by atoms with Crippen molar-refractivity contribution >= 4 is 9.84 Å². The molecule has 1 aromatic carbocycles. The Hall–Kier alpha value is -1.45. The standard InChI is InChI=1S/C15H17FN2O2S/c16-11-4-5-15-12(8-11)14(6-7-21(15,19)20)18-13-3-1-2-10(13)9-17/h4-5,8,10,13-14,18H,1-3,6-7H2. The number of nitrogens with one attached hydrogen (secondary N) is 1. The van der Waals surface area contributed by atoms with Crippen LogP contribution in [0.2, 0.25) is 0 Å². The Labute approximate surface area is 123 Å². The molecule has 3 rings (SSSR count). The minimum absolute atomic E-state index is 0.0412. The van der Waals surface area contributed by atoms with E-state index in [1.54, 1.807) is 0 Å². The summed E-state index contributed by atoms with van der Waals surface area (Å²) < 4.78 is 37.7. The Kier molecular flexibility index (Phi) is 3.72. The second-order valence-electron chi connectivity index (χ2n) is 5.78. The monoisotopic (exact) mass is 308 g/mol. The highest BCUT2D eigenvalue weighted by atomic mass is 32.2. The lowest BCUT2D eigenvalue weighted by Gasteiger charge is -2.30. The Morgan fingerprint density at radius 1 is 1.29 bits per heavy atom. The number of nitriles is 1. The summed E-state index contributed by atoms with van der Waals surface area (Å²) in [5.74, 6) is -0.408. The molecule has 0 spiro atoms. The fraction of sp³-hybridized carbons (Fsp3) is 0.533. The number of hydrogen-bond acceptors (Lipinski definition) is 4. The Balaban J connectivity index is 1.92. The van der Waals surface area contributed by atoms with Gasteiger partial charge in [-0.3, -0.25) is 0 Å². The number of fused-ring (bicyclic) bond motifs is 1. The second-order valence-corrected chi connectivity index (χ2v) is 7.86. The first-order valence-corrected chi connectivity index (χ1v) is 8.84. The summed E-state index contributed by atoms with van der Waals surface area (Å²) in [7, 11) is -3.32. The molecular formula is C15H17FN2O2S. The van der Waals surface area contributed by atoms with Crippen molar-refractivity contribution in [1.29, 1.82) is 5.26 Å². The number of rotatable bonds is 2. The lowest BCUT2D eigenvalue weighted by atomic mass is 9.99. The van der Waals surface area contributed by atoms with Crippen LogP contribution in [0.3, 0.4) is 0 Å². The predicted octanol–water partition coefficient (Wildman–Crippen LogP) is 2.33. The molecule has 1 saturated carbocycles. The van der Waals surface area contributed by atoms with Crippen LogP contribution in [0.4, 0.5) is 4.39 Å². The number of sulfone groups is 1. The van der Waals surface area contributed by atoms with Gasteiger partial charge in [0.25, 0.3) is 0 Å². The van der Waals surface area contributed by atoms with Crippen LogP contribution >= 0.6 is 0 Å². The molecule has 3 atom stereocenters. The minimum Gasteiger partial charge on any atom is -0.306 e. The Bertz CT molecular complexity index is 696. The van der Waals surface area contributed by atoms with Crippen molar-refractivity contribution in [3.63, 3.8) is 0 Å². The SMILES string of the molecule is N#CC1CCCC1NC1CCS(=O)(=O)c2ccc(F)cc21. The van der Waals surface area contributed by atoms with Gasteiger partial charge in [-0.25, -0.2) is 12.8 Å². The summed E-state index contributed by atoms with van der Waals surface area (Å²) >= 11 is 0. The molecule has 1 heterocycles. The average molecular weight is 308 g/mol. The first kappa shape index (κ1) is 14.5. The number of hydrogen-bond donors (Lipinski definition) is 1. The van der Waals surface area contributed by atoms with Crippen molar-refractivity contribution in [2.75, 3.05) is 5.75 Å². The highest BCUT2D eigenvalue weighted by molar-refractivity contribution is 7.91. The minimum atomic E-state index is -3.32. The normalized spacial score (nSPS) is 30.6. The molecule has 0 bridgehead atoms. The molecule has 1 aliphatic heterocycles. The van der Waals surface area contributed by atoms with E-state index in [-0.39, 0.29) is 28.6 Å². The van der Waals surface area contributed by atoms with Gasteiger partial charge >= 0.3 is 0 Å². The molecule has 0 aromatic heterocycles. The zero-order chi connectivity index (χ0) is 15.0. The van der Waals surface area contributed by atoms with Gasteiger partial charge in [-0.15, -0.1) is 0 Å². The summed E-state index contributed by atoms with van der Waals surface area (Å²) in [6.45, 7) is 0. The van der Waals surface area contributed by atoms with Gasteiger partial charge in [-0.2, -0.15) is 5.26 Å². The van der Waals surface area contributed by atoms with Crippen LogP contribution in [0.5, 0.6) is 0 Å². The fourth-order valence-electron chi connectivity index (χ4n) is 3.36. The molecule has 21 heavy (non-hydrogen) atoms. The zero-order valence-electron chi connectivity index (χ0n) is 11.5. The second kappa shape index (κ2) is 5.39. The van der Waals surface area contributed by atoms with Crippen LogP contribution in [0.15, 0.2) is 23.1 Å². The topological polar surface area (TPSA) is 70.0 Å². The summed E-state index contributed by atoms with van der Waals surface area (Å²) in [5, 5.41) is 12.5. The molecule has 0 amide bonds. The molecule has 0 radical (unpaired) electrons. The molecule has 1 aromatic rings. The van der Waals surface area contributed by atoms with E-state index in [9.17, 15) is 12.8 Å². The van der Waals surface area contributed by atoms with Crippen molar-refractivity contribution in [2.45, 2.75) is 42.7 Å². The van der Waals surface area contributed by atoms with Gasteiger partial charge < -0.3 is 5.32 Å².